The summed E-state index contributed by atoms with van der Waals surface area (Å²) in [5.74, 6) is 0.0792. The van der Waals surface area contributed by atoms with Crippen molar-refractivity contribution in [3.8, 4) is 0 Å². The monoisotopic (exact) mass is 298 g/mol. The lowest BCUT2D eigenvalue weighted by Crippen LogP contribution is -2.48. The number of aromatic nitrogens is 2. The van der Waals surface area contributed by atoms with Crippen LogP contribution in [-0.2, 0) is 13.6 Å². The molecular weight excluding hydrogens is 276 g/mol. The summed E-state index contributed by atoms with van der Waals surface area (Å²) in [4.78, 5) is 16.8. The molecule has 5 nitrogen and oxygen atoms in total. The van der Waals surface area contributed by atoms with E-state index in [9.17, 15) is 4.79 Å². The van der Waals surface area contributed by atoms with Crippen LogP contribution in [0.1, 0.15) is 21.6 Å². The van der Waals surface area contributed by atoms with E-state index in [1.54, 1.807) is 16.9 Å². The zero-order valence-electron chi connectivity index (χ0n) is 13.2. The van der Waals surface area contributed by atoms with Crippen molar-refractivity contribution in [3.63, 3.8) is 0 Å². The highest BCUT2D eigenvalue weighted by molar-refractivity contribution is 5.92. The molecule has 0 aliphatic carbocycles. The third-order valence-electron chi connectivity index (χ3n) is 4.35. The van der Waals surface area contributed by atoms with Crippen LogP contribution in [0.15, 0.2) is 36.5 Å². The molecule has 1 aliphatic rings. The van der Waals surface area contributed by atoms with Crippen molar-refractivity contribution in [2.24, 2.45) is 7.05 Å². The minimum atomic E-state index is 0.0792. The van der Waals surface area contributed by atoms with Gasteiger partial charge in [-0.1, -0.05) is 24.3 Å². The molecule has 1 aromatic carbocycles. The SMILES string of the molecule is Cc1ccccc1CN1CCN(C(=O)c2ccnn2C)CC1. The van der Waals surface area contributed by atoms with Gasteiger partial charge in [0, 0.05) is 46.0 Å². The maximum absolute atomic E-state index is 12.4. The van der Waals surface area contributed by atoms with Gasteiger partial charge in [0.15, 0.2) is 0 Å². The van der Waals surface area contributed by atoms with Gasteiger partial charge >= 0.3 is 0 Å². The van der Waals surface area contributed by atoms with Crippen molar-refractivity contribution < 1.29 is 4.79 Å². The van der Waals surface area contributed by atoms with Crippen LogP contribution in [0.4, 0.5) is 0 Å². The van der Waals surface area contributed by atoms with E-state index < -0.39 is 0 Å². The number of piperazine rings is 1. The van der Waals surface area contributed by atoms with Gasteiger partial charge < -0.3 is 4.90 Å². The second-order valence-corrected chi connectivity index (χ2v) is 5.83. The molecular formula is C17H22N4O. The Kier molecular flexibility index (Phi) is 4.24. The largest absolute Gasteiger partial charge is 0.335 e. The highest BCUT2D eigenvalue weighted by Gasteiger charge is 2.23. The Morgan fingerprint density at radius 1 is 1.14 bits per heavy atom. The summed E-state index contributed by atoms with van der Waals surface area (Å²) in [5.41, 5.74) is 3.36. The first-order chi connectivity index (χ1) is 10.6. The molecule has 1 aliphatic heterocycles. The normalized spacial score (nSPS) is 16.0. The molecule has 2 heterocycles. The van der Waals surface area contributed by atoms with Gasteiger partial charge in [0.2, 0.25) is 0 Å². The molecule has 0 N–H and O–H groups in total. The molecule has 1 saturated heterocycles. The number of hydrogen-bond acceptors (Lipinski definition) is 3. The zero-order valence-corrected chi connectivity index (χ0v) is 13.2. The molecule has 1 amide bonds. The zero-order chi connectivity index (χ0) is 15.5. The summed E-state index contributed by atoms with van der Waals surface area (Å²) in [6.45, 7) is 6.49. The van der Waals surface area contributed by atoms with E-state index >= 15 is 0 Å². The van der Waals surface area contributed by atoms with Crippen LogP contribution < -0.4 is 0 Å². The summed E-state index contributed by atoms with van der Waals surface area (Å²) in [7, 11) is 1.81. The standard InChI is InChI=1S/C17H22N4O/c1-14-5-3-4-6-15(14)13-20-9-11-21(12-10-20)17(22)16-7-8-18-19(16)2/h3-8H,9-13H2,1-2H3. The third kappa shape index (κ3) is 3.04. The van der Waals surface area contributed by atoms with Crippen LogP contribution in [0.3, 0.4) is 0 Å². The number of hydrogen-bond donors (Lipinski definition) is 0. The summed E-state index contributed by atoms with van der Waals surface area (Å²) in [6.07, 6.45) is 1.67. The Hall–Kier alpha value is -2.14. The van der Waals surface area contributed by atoms with Crippen molar-refractivity contribution in [2.45, 2.75) is 13.5 Å². The Labute approximate surface area is 131 Å². The number of benzene rings is 1. The van der Waals surface area contributed by atoms with Gasteiger partial charge in [0.1, 0.15) is 5.69 Å². The van der Waals surface area contributed by atoms with Crippen molar-refractivity contribution >= 4 is 5.91 Å². The average molecular weight is 298 g/mol. The smallest absolute Gasteiger partial charge is 0.272 e. The van der Waals surface area contributed by atoms with Crippen LogP contribution in [0.5, 0.6) is 0 Å². The molecule has 1 fully saturated rings. The maximum atomic E-state index is 12.4. The Morgan fingerprint density at radius 2 is 1.86 bits per heavy atom. The lowest BCUT2D eigenvalue weighted by atomic mass is 10.1. The molecule has 0 unspecified atom stereocenters. The molecule has 2 aromatic rings. The fraction of sp³-hybridized carbons (Fsp3) is 0.412. The summed E-state index contributed by atoms with van der Waals surface area (Å²) < 4.78 is 1.64. The molecule has 1 aromatic heterocycles. The quantitative estimate of drug-likeness (QED) is 0.866. The van der Waals surface area contributed by atoms with Gasteiger partial charge in [-0.2, -0.15) is 5.10 Å². The topological polar surface area (TPSA) is 41.4 Å². The Morgan fingerprint density at radius 3 is 2.50 bits per heavy atom. The molecule has 5 heteroatoms. The third-order valence-corrected chi connectivity index (χ3v) is 4.35. The molecule has 3 rings (SSSR count). The van der Waals surface area contributed by atoms with Gasteiger partial charge in [-0.3, -0.25) is 14.4 Å². The van der Waals surface area contributed by atoms with E-state index in [1.165, 1.54) is 11.1 Å². The molecule has 0 saturated carbocycles. The van der Waals surface area contributed by atoms with E-state index in [1.807, 2.05) is 11.9 Å². The molecule has 116 valence electrons. The van der Waals surface area contributed by atoms with Crippen LogP contribution in [0, 0.1) is 6.92 Å². The highest BCUT2D eigenvalue weighted by Crippen LogP contribution is 2.13. The van der Waals surface area contributed by atoms with Gasteiger partial charge in [-0.05, 0) is 24.1 Å². The van der Waals surface area contributed by atoms with Crippen LogP contribution in [-0.4, -0.2) is 51.7 Å². The van der Waals surface area contributed by atoms with E-state index in [4.69, 9.17) is 0 Å². The van der Waals surface area contributed by atoms with Crippen molar-refractivity contribution in [1.82, 2.24) is 19.6 Å². The number of amides is 1. The molecule has 0 radical (unpaired) electrons. The lowest BCUT2D eigenvalue weighted by molar-refractivity contribution is 0.0617. The molecule has 0 spiro atoms. The number of aryl methyl sites for hydroxylation is 2. The molecule has 22 heavy (non-hydrogen) atoms. The number of carbonyl (C=O) groups is 1. The predicted molar refractivity (Wildman–Crippen MR) is 85.6 cm³/mol. The second kappa shape index (κ2) is 6.32. The van der Waals surface area contributed by atoms with Crippen molar-refractivity contribution in [1.29, 1.82) is 0 Å². The fourth-order valence-electron chi connectivity index (χ4n) is 2.88. The summed E-state index contributed by atoms with van der Waals surface area (Å²) in [6, 6.07) is 10.3. The van der Waals surface area contributed by atoms with Gasteiger partial charge in [0.25, 0.3) is 5.91 Å². The van der Waals surface area contributed by atoms with E-state index in [2.05, 4.69) is 41.2 Å². The van der Waals surface area contributed by atoms with Crippen molar-refractivity contribution in [3.05, 3.63) is 53.3 Å². The fourth-order valence-corrected chi connectivity index (χ4v) is 2.88. The number of nitrogens with zero attached hydrogens (tertiary/aromatic N) is 4. The van der Waals surface area contributed by atoms with Gasteiger partial charge in [0.05, 0.1) is 0 Å². The van der Waals surface area contributed by atoms with Crippen LogP contribution in [0.2, 0.25) is 0 Å². The van der Waals surface area contributed by atoms with E-state index in [0.717, 1.165) is 32.7 Å². The first-order valence-electron chi connectivity index (χ1n) is 7.69. The lowest BCUT2D eigenvalue weighted by Gasteiger charge is -2.35. The first-order valence-corrected chi connectivity index (χ1v) is 7.69. The van der Waals surface area contributed by atoms with Gasteiger partial charge in [-0.25, -0.2) is 0 Å². The maximum Gasteiger partial charge on any atom is 0.272 e. The highest BCUT2D eigenvalue weighted by atomic mass is 16.2. The van der Waals surface area contributed by atoms with E-state index in [-0.39, 0.29) is 5.91 Å². The summed E-state index contributed by atoms with van der Waals surface area (Å²) >= 11 is 0. The van der Waals surface area contributed by atoms with E-state index in [0.29, 0.717) is 5.69 Å². The predicted octanol–water partition coefficient (Wildman–Crippen LogP) is 1.69. The Balaban J connectivity index is 1.58. The first kappa shape index (κ1) is 14.8. The minimum Gasteiger partial charge on any atom is -0.335 e. The van der Waals surface area contributed by atoms with Crippen LogP contribution >= 0.6 is 0 Å². The molecule has 0 bridgehead atoms. The molecule has 0 atom stereocenters. The van der Waals surface area contributed by atoms with Gasteiger partial charge in [-0.15, -0.1) is 0 Å². The average Bonchev–Trinajstić information content (AvgIpc) is 2.96. The Bertz CT molecular complexity index is 656. The van der Waals surface area contributed by atoms with Crippen molar-refractivity contribution in [2.75, 3.05) is 26.2 Å². The second-order valence-electron chi connectivity index (χ2n) is 5.83. The minimum absolute atomic E-state index is 0.0792. The number of carbonyl (C=O) groups excluding carboxylic acids is 1. The van der Waals surface area contributed by atoms with Crippen LogP contribution in [0.25, 0.3) is 0 Å². The number of rotatable bonds is 3. The summed E-state index contributed by atoms with van der Waals surface area (Å²) in [5, 5.41) is 4.07.